The van der Waals surface area contributed by atoms with Gasteiger partial charge < -0.3 is 20.1 Å². The number of carbonyl (C=O) groups excluding carboxylic acids is 1. The molecular weight excluding hydrogens is 192 g/mol. The van der Waals surface area contributed by atoms with Crippen LogP contribution in [-0.2, 0) is 4.79 Å². The van der Waals surface area contributed by atoms with Crippen LogP contribution in [0, 0.1) is 0 Å². The summed E-state index contributed by atoms with van der Waals surface area (Å²) in [4.78, 5) is 10.1. The average Bonchev–Trinajstić information content (AvgIpc) is 2.15. The van der Waals surface area contributed by atoms with E-state index in [0.717, 1.165) is 12.2 Å². The molecule has 0 aliphatic carbocycles. The molecule has 0 amide bonds. The van der Waals surface area contributed by atoms with E-state index in [0.29, 0.717) is 5.75 Å². The van der Waals surface area contributed by atoms with Crippen molar-refractivity contribution in [2.75, 3.05) is 11.5 Å². The fourth-order valence-electron chi connectivity index (χ4n) is 0.755. The third-order valence-electron chi connectivity index (χ3n) is 1.52. The van der Waals surface area contributed by atoms with E-state index in [4.69, 9.17) is 10.2 Å². The van der Waals surface area contributed by atoms with Crippen molar-refractivity contribution in [2.24, 2.45) is 0 Å². The molecule has 0 unspecified atom stereocenters. The molecule has 0 heterocycles. The van der Waals surface area contributed by atoms with Crippen LogP contribution in [0.5, 0.6) is 0 Å². The molecule has 0 aromatic carbocycles. The average molecular weight is 208 g/mol. The van der Waals surface area contributed by atoms with Crippen LogP contribution in [-0.4, -0.2) is 51.4 Å². The molecule has 0 aliphatic rings. The zero-order chi connectivity index (χ0) is 10.3. The van der Waals surface area contributed by atoms with Crippen molar-refractivity contribution in [2.45, 2.75) is 31.7 Å². The minimum atomic E-state index is -1.49. The van der Waals surface area contributed by atoms with Gasteiger partial charge in [-0.3, -0.25) is 0 Å². The van der Waals surface area contributed by atoms with Gasteiger partial charge in [-0.15, -0.1) is 0 Å². The normalized spacial score (nSPS) is 17.8. The lowest BCUT2D eigenvalue weighted by molar-refractivity contribution is -0.124. The molecule has 0 saturated heterocycles. The molecule has 78 valence electrons. The van der Waals surface area contributed by atoms with Crippen LogP contribution in [0.2, 0.25) is 0 Å². The molecule has 0 bridgehead atoms. The van der Waals surface area contributed by atoms with Gasteiger partial charge in [-0.2, -0.15) is 11.8 Å². The summed E-state index contributed by atoms with van der Waals surface area (Å²) in [6.45, 7) is 2.01. The standard InChI is InChI=1S/C8H16O4S/c1-2-3-13-5-7(11)8(12)6(10)4-9/h4,6-8,10-12H,2-3,5H2,1H3/t6-,7+,8-/m0/s1. The smallest absolute Gasteiger partial charge is 0.151 e. The van der Waals surface area contributed by atoms with E-state index in [-0.39, 0.29) is 6.29 Å². The molecule has 0 fully saturated rings. The molecule has 13 heavy (non-hydrogen) atoms. The van der Waals surface area contributed by atoms with Crippen molar-refractivity contribution < 1.29 is 20.1 Å². The first-order chi connectivity index (χ1) is 6.13. The van der Waals surface area contributed by atoms with Gasteiger partial charge in [0.1, 0.15) is 12.2 Å². The van der Waals surface area contributed by atoms with E-state index in [1.807, 2.05) is 6.92 Å². The molecule has 5 heteroatoms. The first kappa shape index (κ1) is 12.9. The second-order valence-corrected chi connectivity index (χ2v) is 3.91. The van der Waals surface area contributed by atoms with Crippen molar-refractivity contribution in [3.8, 4) is 0 Å². The Morgan fingerprint density at radius 3 is 2.46 bits per heavy atom. The molecule has 0 aliphatic heterocycles. The van der Waals surface area contributed by atoms with Crippen LogP contribution in [0.1, 0.15) is 13.3 Å². The Kier molecular flexibility index (Phi) is 7.26. The first-order valence-electron chi connectivity index (χ1n) is 4.20. The predicted octanol–water partition coefficient (Wildman–Crippen LogP) is -0.589. The van der Waals surface area contributed by atoms with E-state index in [1.54, 1.807) is 0 Å². The Morgan fingerprint density at radius 2 is 2.00 bits per heavy atom. The number of hydrogen-bond donors (Lipinski definition) is 3. The molecule has 0 rings (SSSR count). The van der Waals surface area contributed by atoms with E-state index in [9.17, 15) is 9.90 Å². The van der Waals surface area contributed by atoms with Gasteiger partial charge in [0.15, 0.2) is 6.29 Å². The summed E-state index contributed by atoms with van der Waals surface area (Å²) in [5.74, 6) is 1.22. The lowest BCUT2D eigenvalue weighted by Crippen LogP contribution is -2.39. The van der Waals surface area contributed by atoms with E-state index < -0.39 is 18.3 Å². The summed E-state index contributed by atoms with van der Waals surface area (Å²) < 4.78 is 0. The fourth-order valence-corrected chi connectivity index (χ4v) is 1.65. The van der Waals surface area contributed by atoms with Gasteiger partial charge in [-0.05, 0) is 12.2 Å². The monoisotopic (exact) mass is 208 g/mol. The van der Waals surface area contributed by atoms with Crippen LogP contribution in [0.3, 0.4) is 0 Å². The maximum atomic E-state index is 10.1. The van der Waals surface area contributed by atoms with Crippen LogP contribution in [0.25, 0.3) is 0 Å². The van der Waals surface area contributed by atoms with Crippen LogP contribution in [0.15, 0.2) is 0 Å². The highest BCUT2D eigenvalue weighted by molar-refractivity contribution is 7.99. The van der Waals surface area contributed by atoms with Crippen molar-refractivity contribution in [3.05, 3.63) is 0 Å². The third kappa shape index (κ3) is 5.25. The van der Waals surface area contributed by atoms with Crippen molar-refractivity contribution in [3.63, 3.8) is 0 Å². The SMILES string of the molecule is CCCSC[C@@H](O)[C@@H](O)[C@@H](O)C=O. The molecule has 3 N–H and O–H groups in total. The maximum absolute atomic E-state index is 10.1. The second kappa shape index (κ2) is 7.32. The lowest BCUT2D eigenvalue weighted by Gasteiger charge is -2.18. The molecule has 0 aromatic heterocycles. The highest BCUT2D eigenvalue weighted by Gasteiger charge is 2.23. The molecule has 0 radical (unpaired) electrons. The number of carbonyl (C=O) groups is 1. The van der Waals surface area contributed by atoms with Gasteiger partial charge in [-0.25, -0.2) is 0 Å². The van der Waals surface area contributed by atoms with Crippen LogP contribution < -0.4 is 0 Å². The zero-order valence-corrected chi connectivity index (χ0v) is 8.41. The third-order valence-corrected chi connectivity index (χ3v) is 2.79. The Balaban J connectivity index is 3.68. The van der Waals surface area contributed by atoms with Gasteiger partial charge in [0, 0.05) is 5.75 Å². The minimum Gasteiger partial charge on any atom is -0.389 e. The van der Waals surface area contributed by atoms with Gasteiger partial charge >= 0.3 is 0 Å². The zero-order valence-electron chi connectivity index (χ0n) is 7.59. The minimum absolute atomic E-state index is 0.221. The molecule has 3 atom stereocenters. The number of thioether (sulfide) groups is 1. The predicted molar refractivity (Wildman–Crippen MR) is 51.7 cm³/mol. The number of aliphatic hydroxyl groups is 3. The molecule has 0 saturated carbocycles. The van der Waals surface area contributed by atoms with E-state index in [1.165, 1.54) is 11.8 Å². The first-order valence-corrected chi connectivity index (χ1v) is 5.36. The van der Waals surface area contributed by atoms with Gasteiger partial charge in [0.25, 0.3) is 0 Å². The summed E-state index contributed by atoms with van der Waals surface area (Å²) in [5, 5.41) is 27.3. The number of rotatable bonds is 7. The second-order valence-electron chi connectivity index (χ2n) is 2.76. The summed E-state index contributed by atoms with van der Waals surface area (Å²) in [6.07, 6.45) is -2.70. The largest absolute Gasteiger partial charge is 0.389 e. The highest BCUT2D eigenvalue weighted by Crippen LogP contribution is 2.08. The maximum Gasteiger partial charge on any atom is 0.151 e. The summed E-state index contributed by atoms with van der Waals surface area (Å²) >= 11 is 1.48. The summed E-state index contributed by atoms with van der Waals surface area (Å²) in [6, 6.07) is 0. The quantitative estimate of drug-likeness (QED) is 0.385. The Morgan fingerprint density at radius 1 is 1.38 bits per heavy atom. The van der Waals surface area contributed by atoms with Crippen molar-refractivity contribution >= 4 is 18.0 Å². The topological polar surface area (TPSA) is 77.8 Å². The molecule has 4 nitrogen and oxygen atoms in total. The summed E-state index contributed by atoms with van der Waals surface area (Å²) in [5.41, 5.74) is 0. The van der Waals surface area contributed by atoms with Crippen LogP contribution >= 0.6 is 11.8 Å². The highest BCUT2D eigenvalue weighted by atomic mass is 32.2. The summed E-state index contributed by atoms with van der Waals surface area (Å²) in [7, 11) is 0. The lowest BCUT2D eigenvalue weighted by atomic mass is 10.1. The Hall–Kier alpha value is -0.100. The molecular formula is C8H16O4S. The number of aliphatic hydroxyl groups excluding tert-OH is 3. The molecule has 0 aromatic rings. The van der Waals surface area contributed by atoms with E-state index >= 15 is 0 Å². The Bertz CT molecular complexity index is 142. The van der Waals surface area contributed by atoms with Crippen LogP contribution in [0.4, 0.5) is 0 Å². The molecule has 0 spiro atoms. The van der Waals surface area contributed by atoms with Crippen molar-refractivity contribution in [1.82, 2.24) is 0 Å². The number of aldehydes is 1. The van der Waals surface area contributed by atoms with Crippen molar-refractivity contribution in [1.29, 1.82) is 0 Å². The van der Waals surface area contributed by atoms with Gasteiger partial charge in [0.05, 0.1) is 6.10 Å². The van der Waals surface area contributed by atoms with Gasteiger partial charge in [0.2, 0.25) is 0 Å². The van der Waals surface area contributed by atoms with Gasteiger partial charge in [-0.1, -0.05) is 6.92 Å². The van der Waals surface area contributed by atoms with E-state index in [2.05, 4.69) is 0 Å². The fraction of sp³-hybridized carbons (Fsp3) is 0.875. The number of hydrogen-bond acceptors (Lipinski definition) is 5. The Labute approximate surface area is 82.0 Å².